The van der Waals surface area contributed by atoms with Gasteiger partial charge in [-0.25, -0.2) is 0 Å². The summed E-state index contributed by atoms with van der Waals surface area (Å²) in [6, 6.07) is 0. The highest BCUT2D eigenvalue weighted by molar-refractivity contribution is 6.77. The lowest BCUT2D eigenvalue weighted by Gasteiger charge is -2.43. The van der Waals surface area contributed by atoms with Crippen molar-refractivity contribution in [2.75, 3.05) is 13.2 Å². The van der Waals surface area contributed by atoms with Gasteiger partial charge in [-0.05, 0) is 42.0 Å². The van der Waals surface area contributed by atoms with Crippen LogP contribution in [-0.4, -0.2) is 33.5 Å². The predicted molar refractivity (Wildman–Crippen MR) is 131 cm³/mol. The van der Waals surface area contributed by atoms with E-state index in [1.807, 2.05) is 6.08 Å². The van der Waals surface area contributed by atoms with Crippen LogP contribution in [0.1, 0.15) is 82.1 Å². The Morgan fingerprint density at radius 3 is 1.84 bits per heavy atom. The molecule has 0 spiro atoms. The summed E-state index contributed by atoms with van der Waals surface area (Å²) in [7, 11) is -2.19. The van der Waals surface area contributed by atoms with Crippen molar-refractivity contribution in [3.63, 3.8) is 0 Å². The summed E-state index contributed by atoms with van der Waals surface area (Å²) in [4.78, 5) is 26.6. The lowest BCUT2D eigenvalue weighted by Crippen LogP contribution is -2.50. The largest absolute Gasteiger partial charge is 0.546 e. The van der Waals surface area contributed by atoms with Gasteiger partial charge < -0.3 is 13.9 Å². The summed E-state index contributed by atoms with van der Waals surface area (Å²) in [6.07, 6.45) is 8.20. The molecule has 0 saturated carbocycles. The Hall–Kier alpha value is -1.74. The number of carbonyl (C=O) groups excluding carboxylic acids is 2. The molecule has 1 atom stereocenters. The number of carbonyl (C=O) groups is 2. The Morgan fingerprint density at radius 2 is 1.50 bits per heavy atom. The minimum atomic E-state index is -2.19. The van der Waals surface area contributed by atoms with E-state index in [9.17, 15) is 9.59 Å². The number of ether oxygens (including phenoxy) is 2. The molecule has 0 aromatic rings. The van der Waals surface area contributed by atoms with Crippen LogP contribution in [0.25, 0.3) is 0 Å². The molecule has 5 nitrogen and oxygen atoms in total. The number of hydrogen-bond acceptors (Lipinski definition) is 5. The minimum absolute atomic E-state index is 0.0797. The van der Waals surface area contributed by atoms with Gasteiger partial charge in [0.1, 0.15) is 0 Å². The van der Waals surface area contributed by atoms with Crippen LogP contribution in [0.5, 0.6) is 0 Å². The molecular weight excluding hydrogens is 420 g/mol. The molecule has 182 valence electrons. The van der Waals surface area contributed by atoms with Gasteiger partial charge in [0.2, 0.25) is 0 Å². The zero-order chi connectivity index (χ0) is 24.9. The molecule has 0 aliphatic heterocycles. The van der Waals surface area contributed by atoms with Crippen molar-refractivity contribution >= 4 is 20.3 Å². The van der Waals surface area contributed by atoms with Crippen molar-refractivity contribution in [2.45, 2.75) is 98.7 Å². The van der Waals surface area contributed by atoms with E-state index >= 15 is 0 Å². The number of allylic oxidation sites excluding steroid dienone is 2. The van der Waals surface area contributed by atoms with Crippen molar-refractivity contribution < 1.29 is 23.5 Å². The van der Waals surface area contributed by atoms with Crippen LogP contribution < -0.4 is 0 Å². The van der Waals surface area contributed by atoms with Crippen LogP contribution in [0.3, 0.4) is 0 Å². The first-order chi connectivity index (χ1) is 14.8. The predicted octanol–water partition coefficient (Wildman–Crippen LogP) is 6.24. The van der Waals surface area contributed by atoms with Gasteiger partial charge in [0.05, 0.1) is 19.0 Å². The highest BCUT2D eigenvalue weighted by atomic mass is 28.4. The third-order valence-corrected chi connectivity index (χ3v) is 13.1. The quantitative estimate of drug-likeness (QED) is 0.157. The third kappa shape index (κ3) is 5.08. The fourth-order valence-corrected chi connectivity index (χ4v) is 11.1. The van der Waals surface area contributed by atoms with Crippen molar-refractivity contribution in [3.8, 4) is 12.3 Å². The minimum Gasteiger partial charge on any atom is -0.546 e. The third-order valence-electron chi connectivity index (χ3n) is 7.03. The molecule has 0 fully saturated rings. The number of rotatable bonds is 11. The van der Waals surface area contributed by atoms with E-state index in [1.165, 1.54) is 0 Å². The Bertz CT molecular complexity index is 702. The molecule has 32 heavy (non-hydrogen) atoms. The maximum absolute atomic E-state index is 13.3. The van der Waals surface area contributed by atoms with E-state index in [0.717, 1.165) is 5.76 Å². The first kappa shape index (κ1) is 28.3. The van der Waals surface area contributed by atoms with Crippen LogP contribution in [-0.2, 0) is 23.5 Å². The molecule has 0 radical (unpaired) electrons. The first-order valence-corrected chi connectivity index (χ1v) is 14.1. The standard InChI is InChI=1S/C26H44O5Si/c1-12-15-26(23(27)29-13-2,24(28)30-14-3)22-16-21(17-25(22,10)11)31-32(18(4)5,19(6)7)20(8)9/h1,16,18-20,22H,13-15,17H2,2-11H3. The average molecular weight is 465 g/mol. The molecular formula is C26H44O5Si. The molecule has 1 rings (SSSR count). The Kier molecular flexibility index (Phi) is 9.65. The van der Waals surface area contributed by atoms with Crippen LogP contribution in [0.15, 0.2) is 11.8 Å². The van der Waals surface area contributed by atoms with Gasteiger partial charge in [0, 0.05) is 18.8 Å². The molecule has 0 aromatic heterocycles. The van der Waals surface area contributed by atoms with Gasteiger partial charge >= 0.3 is 11.9 Å². The molecule has 0 N–H and O–H groups in total. The van der Waals surface area contributed by atoms with Crippen molar-refractivity contribution in [2.24, 2.45) is 16.7 Å². The zero-order valence-electron chi connectivity index (χ0n) is 21.8. The summed E-state index contributed by atoms with van der Waals surface area (Å²) >= 11 is 0. The van der Waals surface area contributed by atoms with Crippen molar-refractivity contribution in [1.82, 2.24) is 0 Å². The van der Waals surface area contributed by atoms with E-state index in [0.29, 0.717) is 23.0 Å². The molecule has 0 amide bonds. The van der Waals surface area contributed by atoms with Crippen LogP contribution in [0.4, 0.5) is 0 Å². The Labute approximate surface area is 196 Å². The van der Waals surface area contributed by atoms with E-state index < -0.39 is 37.0 Å². The first-order valence-electron chi connectivity index (χ1n) is 11.9. The Morgan fingerprint density at radius 1 is 1.06 bits per heavy atom. The summed E-state index contributed by atoms with van der Waals surface area (Å²) in [5.41, 5.74) is -0.785. The summed E-state index contributed by atoms with van der Waals surface area (Å²) < 4.78 is 17.7. The van der Waals surface area contributed by atoms with Gasteiger partial charge in [0.25, 0.3) is 8.32 Å². The second-order valence-corrected chi connectivity index (χ2v) is 15.9. The van der Waals surface area contributed by atoms with Crippen LogP contribution in [0.2, 0.25) is 16.6 Å². The Balaban J connectivity index is 3.65. The molecule has 0 aromatic carbocycles. The van der Waals surface area contributed by atoms with E-state index in [-0.39, 0.29) is 19.6 Å². The molecule has 1 aliphatic rings. The summed E-state index contributed by atoms with van der Waals surface area (Å²) in [5, 5.41) is 0. The van der Waals surface area contributed by atoms with E-state index in [4.69, 9.17) is 20.3 Å². The monoisotopic (exact) mass is 464 g/mol. The van der Waals surface area contributed by atoms with E-state index in [2.05, 4.69) is 61.3 Å². The SMILES string of the molecule is C#CCC(C(=O)OCC)(C(=O)OCC)C1C=C(O[Si](C(C)C)(C(C)C)C(C)C)CC1(C)C. The molecule has 0 heterocycles. The normalized spacial score (nSPS) is 18.5. The lowest BCUT2D eigenvalue weighted by molar-refractivity contribution is -0.178. The highest BCUT2D eigenvalue weighted by Crippen LogP contribution is 2.55. The number of terminal acetylenes is 1. The van der Waals surface area contributed by atoms with Crippen molar-refractivity contribution in [3.05, 3.63) is 11.8 Å². The fraction of sp³-hybridized carbons (Fsp3) is 0.769. The molecule has 1 unspecified atom stereocenters. The lowest BCUT2D eigenvalue weighted by atomic mass is 9.63. The zero-order valence-corrected chi connectivity index (χ0v) is 22.8. The second kappa shape index (κ2) is 10.9. The molecule has 0 saturated heterocycles. The van der Waals surface area contributed by atoms with Gasteiger partial charge in [-0.2, -0.15) is 0 Å². The van der Waals surface area contributed by atoms with Crippen LogP contribution >= 0.6 is 0 Å². The van der Waals surface area contributed by atoms with Crippen LogP contribution in [0, 0.1) is 29.1 Å². The fourth-order valence-electron chi connectivity index (χ4n) is 5.76. The van der Waals surface area contributed by atoms with Gasteiger partial charge in [-0.1, -0.05) is 55.4 Å². The van der Waals surface area contributed by atoms with Gasteiger partial charge in [-0.15, -0.1) is 12.3 Å². The summed E-state index contributed by atoms with van der Waals surface area (Å²) in [5.74, 6) is 1.69. The average Bonchev–Trinajstić information content (AvgIpc) is 2.97. The van der Waals surface area contributed by atoms with Gasteiger partial charge in [-0.3, -0.25) is 9.59 Å². The van der Waals surface area contributed by atoms with Crippen molar-refractivity contribution in [1.29, 1.82) is 0 Å². The van der Waals surface area contributed by atoms with E-state index in [1.54, 1.807) is 13.8 Å². The smallest absolute Gasteiger partial charge is 0.325 e. The maximum Gasteiger partial charge on any atom is 0.325 e. The second-order valence-electron chi connectivity index (χ2n) is 10.5. The summed E-state index contributed by atoms with van der Waals surface area (Å²) in [6.45, 7) is 21.3. The molecule has 0 bridgehead atoms. The topological polar surface area (TPSA) is 61.8 Å². The highest BCUT2D eigenvalue weighted by Gasteiger charge is 2.61. The molecule has 1 aliphatic carbocycles. The maximum atomic E-state index is 13.3. The molecule has 6 heteroatoms. The number of hydrogen-bond donors (Lipinski definition) is 0. The van der Waals surface area contributed by atoms with Gasteiger partial charge in [0.15, 0.2) is 5.41 Å². The number of esters is 2.